The van der Waals surface area contributed by atoms with Gasteiger partial charge in [-0.25, -0.2) is 4.39 Å². The van der Waals surface area contributed by atoms with E-state index < -0.39 is 57.9 Å². The van der Waals surface area contributed by atoms with Crippen molar-refractivity contribution in [2.45, 2.75) is 84.1 Å². The number of alkyl halides is 1. The van der Waals surface area contributed by atoms with Crippen LogP contribution in [0.3, 0.4) is 0 Å². The van der Waals surface area contributed by atoms with Gasteiger partial charge in [-0.05, 0) is 77.9 Å². The maximum Gasteiger partial charge on any atom is 0.311 e. The van der Waals surface area contributed by atoms with Gasteiger partial charge in [0.1, 0.15) is 5.60 Å². The molecule has 0 aromatic heterocycles. The first-order chi connectivity index (χ1) is 15.1. The van der Waals surface area contributed by atoms with E-state index in [1.54, 1.807) is 40.7 Å². The number of allylic oxidation sites excluding steroid dienone is 4. The van der Waals surface area contributed by atoms with Crippen LogP contribution >= 0.6 is 0 Å². The van der Waals surface area contributed by atoms with Crippen LogP contribution in [0, 0.1) is 28.1 Å². The molecule has 2 N–H and O–H groups in total. The van der Waals surface area contributed by atoms with E-state index in [4.69, 9.17) is 4.74 Å². The highest BCUT2D eigenvalue weighted by Crippen LogP contribution is 2.69. The van der Waals surface area contributed by atoms with Crippen molar-refractivity contribution in [1.82, 2.24) is 0 Å². The van der Waals surface area contributed by atoms with Gasteiger partial charge in [0.15, 0.2) is 18.1 Å². The van der Waals surface area contributed by atoms with Crippen LogP contribution in [0.2, 0.25) is 0 Å². The molecule has 0 heterocycles. The lowest BCUT2D eigenvalue weighted by Crippen LogP contribution is -2.69. The van der Waals surface area contributed by atoms with E-state index >= 15 is 4.39 Å². The molecule has 4 aliphatic rings. The molecule has 6 nitrogen and oxygen atoms in total. The van der Waals surface area contributed by atoms with Gasteiger partial charge in [-0.15, -0.1) is 0 Å². The molecule has 7 unspecified atom stereocenters. The number of halogens is 1. The lowest BCUT2D eigenvalue weighted by atomic mass is 9.44. The lowest BCUT2D eigenvalue weighted by Gasteiger charge is -2.62. The van der Waals surface area contributed by atoms with Crippen molar-refractivity contribution in [2.75, 3.05) is 6.61 Å². The van der Waals surface area contributed by atoms with Crippen molar-refractivity contribution in [3.63, 3.8) is 0 Å². The van der Waals surface area contributed by atoms with Crippen molar-refractivity contribution in [3.05, 3.63) is 23.8 Å². The predicted molar refractivity (Wildman–Crippen MR) is 119 cm³/mol. The first-order valence-electron chi connectivity index (χ1n) is 11.9. The predicted octanol–water partition coefficient (Wildman–Crippen LogP) is 3.25. The molecule has 182 valence electrons. The minimum Gasteiger partial charge on any atom is -0.457 e. The van der Waals surface area contributed by atoms with Crippen molar-refractivity contribution in [3.8, 4) is 0 Å². The van der Waals surface area contributed by atoms with E-state index in [9.17, 15) is 24.6 Å². The van der Waals surface area contributed by atoms with Gasteiger partial charge in [0.05, 0.1) is 11.5 Å². The zero-order chi connectivity index (χ0) is 24.6. The zero-order valence-electron chi connectivity index (χ0n) is 20.1. The van der Waals surface area contributed by atoms with Crippen molar-refractivity contribution in [2.24, 2.45) is 28.1 Å². The fraction of sp³-hybridized carbons (Fsp3) is 0.731. The first-order valence-corrected chi connectivity index (χ1v) is 11.9. The second kappa shape index (κ2) is 7.32. The van der Waals surface area contributed by atoms with Crippen molar-refractivity contribution >= 4 is 17.5 Å². The van der Waals surface area contributed by atoms with E-state index in [1.165, 1.54) is 12.2 Å². The SMILES string of the molecule is CC(C)(C)C(=O)OCC(=O)C1(O)CCC2C3CCC4=CC(=O)C=CC4(C)C3(F)C(O)CC21C. The molecular formula is C26H35FO6. The molecule has 0 amide bonds. The number of hydrogen-bond donors (Lipinski definition) is 2. The van der Waals surface area contributed by atoms with Crippen LogP contribution in [-0.4, -0.2) is 51.7 Å². The molecule has 4 aliphatic carbocycles. The molecule has 33 heavy (non-hydrogen) atoms. The number of hydrogen-bond acceptors (Lipinski definition) is 6. The Balaban J connectivity index is 1.64. The van der Waals surface area contributed by atoms with E-state index in [1.807, 2.05) is 0 Å². The third-order valence-corrected chi connectivity index (χ3v) is 9.20. The second-order valence-electron chi connectivity index (χ2n) is 11.9. The van der Waals surface area contributed by atoms with Crippen molar-refractivity contribution < 1.29 is 33.7 Å². The van der Waals surface area contributed by atoms with Gasteiger partial charge in [0.2, 0.25) is 5.78 Å². The molecule has 0 aromatic rings. The summed E-state index contributed by atoms with van der Waals surface area (Å²) in [6.45, 7) is 7.98. The van der Waals surface area contributed by atoms with Crippen LogP contribution in [0.4, 0.5) is 4.39 Å². The Morgan fingerprint density at radius 1 is 1.21 bits per heavy atom. The van der Waals surface area contributed by atoms with Gasteiger partial charge < -0.3 is 14.9 Å². The van der Waals surface area contributed by atoms with E-state index in [0.717, 1.165) is 0 Å². The Morgan fingerprint density at radius 2 is 1.88 bits per heavy atom. The summed E-state index contributed by atoms with van der Waals surface area (Å²) in [6, 6.07) is 0. The van der Waals surface area contributed by atoms with E-state index in [0.29, 0.717) is 24.8 Å². The Hall–Kier alpha value is -1.86. The molecule has 7 atom stereocenters. The number of ketones is 2. The third-order valence-electron chi connectivity index (χ3n) is 9.20. The molecule has 7 heteroatoms. The maximum absolute atomic E-state index is 17.0. The first kappa shape index (κ1) is 24.3. The van der Waals surface area contributed by atoms with Gasteiger partial charge in [0.25, 0.3) is 0 Å². The van der Waals surface area contributed by atoms with Gasteiger partial charge in [-0.1, -0.05) is 18.6 Å². The van der Waals surface area contributed by atoms with Gasteiger partial charge in [-0.2, -0.15) is 0 Å². The number of ether oxygens (including phenoxy) is 1. The van der Waals surface area contributed by atoms with Crippen molar-refractivity contribution in [1.29, 1.82) is 0 Å². The number of Topliss-reactive ketones (excluding diaryl/α,β-unsaturated/α-hetero) is 1. The molecule has 0 radical (unpaired) electrons. The number of esters is 1. The van der Waals surface area contributed by atoms with Gasteiger partial charge in [0, 0.05) is 16.7 Å². The summed E-state index contributed by atoms with van der Waals surface area (Å²) >= 11 is 0. The topological polar surface area (TPSA) is 101 Å². The molecule has 0 spiro atoms. The summed E-state index contributed by atoms with van der Waals surface area (Å²) in [5, 5.41) is 22.9. The summed E-state index contributed by atoms with van der Waals surface area (Å²) in [4.78, 5) is 37.2. The van der Waals surface area contributed by atoms with E-state index in [-0.39, 0.29) is 24.5 Å². The molecule has 3 fully saturated rings. The summed E-state index contributed by atoms with van der Waals surface area (Å²) in [5.74, 6) is -2.23. The largest absolute Gasteiger partial charge is 0.457 e. The monoisotopic (exact) mass is 462 g/mol. The standard InChI is InChI=1S/C26H35FO6/c1-22(2,3)21(31)33-14-20(30)25(32)11-9-17-18-7-6-15-12-16(28)8-10-23(15,4)26(18,27)19(29)13-24(17,25)5/h8,10,12,17-19,29,32H,6-7,9,11,13-14H2,1-5H3. The fourth-order valence-corrected chi connectivity index (χ4v) is 7.14. The van der Waals surface area contributed by atoms with Crippen LogP contribution in [0.25, 0.3) is 0 Å². The Labute approximate surface area is 194 Å². The van der Waals surface area contributed by atoms with Crippen LogP contribution in [0.5, 0.6) is 0 Å². The third kappa shape index (κ3) is 3.14. The highest BCUT2D eigenvalue weighted by Gasteiger charge is 2.74. The van der Waals surface area contributed by atoms with Gasteiger partial charge >= 0.3 is 5.97 Å². The Morgan fingerprint density at radius 3 is 2.52 bits per heavy atom. The van der Waals surface area contributed by atoms with Crippen LogP contribution in [-0.2, 0) is 19.1 Å². The Bertz CT molecular complexity index is 962. The number of rotatable bonds is 3. The Kier molecular flexibility index (Phi) is 5.38. The summed E-state index contributed by atoms with van der Waals surface area (Å²) in [6.07, 6.45) is 4.44. The quantitative estimate of drug-likeness (QED) is 0.625. The summed E-state index contributed by atoms with van der Waals surface area (Å²) < 4.78 is 22.2. The van der Waals surface area contributed by atoms with Crippen LogP contribution in [0.1, 0.15) is 66.7 Å². The molecule has 4 rings (SSSR count). The molecule has 0 aliphatic heterocycles. The number of carbonyl (C=O) groups is 3. The number of fused-ring (bicyclic) bond motifs is 5. The average Bonchev–Trinajstić information content (AvgIpc) is 2.98. The van der Waals surface area contributed by atoms with E-state index in [2.05, 4.69) is 0 Å². The minimum absolute atomic E-state index is 0.0925. The molecule has 0 bridgehead atoms. The molecule has 0 saturated heterocycles. The lowest BCUT2D eigenvalue weighted by molar-refractivity contribution is -0.217. The molecule has 0 aromatic carbocycles. The maximum atomic E-state index is 17.0. The average molecular weight is 463 g/mol. The summed E-state index contributed by atoms with van der Waals surface area (Å²) in [5.41, 5.74) is -6.08. The number of carbonyl (C=O) groups excluding carboxylic acids is 3. The number of aliphatic hydroxyl groups excluding tert-OH is 1. The molecule has 3 saturated carbocycles. The minimum atomic E-state index is -2.01. The number of aliphatic hydroxyl groups is 2. The smallest absolute Gasteiger partial charge is 0.311 e. The second-order valence-corrected chi connectivity index (χ2v) is 11.9. The highest BCUT2D eigenvalue weighted by atomic mass is 19.1. The van der Waals surface area contributed by atoms with Gasteiger partial charge in [-0.3, -0.25) is 14.4 Å². The van der Waals surface area contributed by atoms with Crippen LogP contribution in [0.15, 0.2) is 23.8 Å². The summed E-state index contributed by atoms with van der Waals surface area (Å²) in [7, 11) is 0. The fourth-order valence-electron chi connectivity index (χ4n) is 7.14. The van der Waals surface area contributed by atoms with Crippen LogP contribution < -0.4 is 0 Å². The normalized spacial score (nSPS) is 44.4. The highest BCUT2D eigenvalue weighted by molar-refractivity contribution is 6.01. The molecular weight excluding hydrogens is 427 g/mol. The zero-order valence-corrected chi connectivity index (χ0v) is 20.1.